The molecular formula is C17H19F3N4O2. The van der Waals surface area contributed by atoms with Gasteiger partial charge in [-0.25, -0.2) is 4.98 Å². The monoisotopic (exact) mass is 368 g/mol. The predicted octanol–water partition coefficient (Wildman–Crippen LogP) is 2.87. The van der Waals surface area contributed by atoms with Gasteiger partial charge in [-0.1, -0.05) is 0 Å². The first-order chi connectivity index (χ1) is 12.2. The Bertz CT molecular complexity index is 760. The van der Waals surface area contributed by atoms with Gasteiger partial charge in [0.2, 0.25) is 0 Å². The second-order valence-corrected chi connectivity index (χ2v) is 6.87. The third-order valence-corrected chi connectivity index (χ3v) is 5.07. The highest BCUT2D eigenvalue weighted by Crippen LogP contribution is 2.40. The van der Waals surface area contributed by atoms with E-state index in [0.717, 1.165) is 12.5 Å². The van der Waals surface area contributed by atoms with Crippen molar-refractivity contribution >= 4 is 17.6 Å². The van der Waals surface area contributed by atoms with Gasteiger partial charge in [0.15, 0.2) is 0 Å². The summed E-state index contributed by atoms with van der Waals surface area (Å²) in [6.45, 7) is 3.23. The average Bonchev–Trinajstić information content (AvgIpc) is 2.99. The molecule has 0 unspecified atom stereocenters. The number of aromatic nitrogens is 1. The molecule has 0 bridgehead atoms. The van der Waals surface area contributed by atoms with E-state index in [1.165, 1.54) is 0 Å². The van der Waals surface area contributed by atoms with E-state index in [4.69, 9.17) is 5.11 Å². The lowest BCUT2D eigenvalue weighted by Gasteiger charge is -2.40. The van der Waals surface area contributed by atoms with Gasteiger partial charge in [-0.15, -0.1) is 0 Å². The summed E-state index contributed by atoms with van der Waals surface area (Å²) in [6, 6.07) is 2.62. The lowest BCUT2D eigenvalue weighted by molar-refractivity contribution is -0.138. The van der Waals surface area contributed by atoms with Gasteiger partial charge in [-0.05, 0) is 31.7 Å². The number of carbonyl (C=O) groups is 1. The number of rotatable bonds is 4. The summed E-state index contributed by atoms with van der Waals surface area (Å²) in [4.78, 5) is 18.6. The van der Waals surface area contributed by atoms with Crippen molar-refractivity contribution in [3.8, 4) is 6.07 Å². The number of halogens is 3. The summed E-state index contributed by atoms with van der Waals surface area (Å²) in [5.41, 5.74) is -1.44. The van der Waals surface area contributed by atoms with Crippen molar-refractivity contribution in [2.75, 3.05) is 29.4 Å². The molecule has 0 radical (unpaired) electrons. The summed E-state index contributed by atoms with van der Waals surface area (Å²) in [5, 5.41) is 18.2. The van der Waals surface area contributed by atoms with Crippen molar-refractivity contribution < 1.29 is 23.1 Å². The van der Waals surface area contributed by atoms with E-state index in [0.29, 0.717) is 26.1 Å². The Hall–Kier alpha value is -2.50. The summed E-state index contributed by atoms with van der Waals surface area (Å²) >= 11 is 0. The third-order valence-electron chi connectivity index (χ3n) is 5.07. The number of nitrogens with zero attached hydrogens (tertiary/aromatic N) is 4. The number of aliphatic carboxylic acids is 1. The Labute approximate surface area is 148 Å². The summed E-state index contributed by atoms with van der Waals surface area (Å²) in [6.07, 6.45) is -3.26. The maximum atomic E-state index is 13.5. The molecule has 140 valence electrons. The van der Waals surface area contributed by atoms with Crippen molar-refractivity contribution in [2.24, 2.45) is 5.92 Å². The Morgan fingerprint density at radius 1 is 1.42 bits per heavy atom. The van der Waals surface area contributed by atoms with Crippen LogP contribution in [-0.2, 0) is 11.0 Å². The molecule has 3 heterocycles. The second kappa shape index (κ2) is 6.67. The first-order valence-corrected chi connectivity index (χ1v) is 8.46. The van der Waals surface area contributed by atoms with Gasteiger partial charge in [0, 0.05) is 32.1 Å². The molecule has 1 N–H and O–H groups in total. The van der Waals surface area contributed by atoms with E-state index >= 15 is 0 Å². The van der Waals surface area contributed by atoms with E-state index in [1.807, 2.05) is 6.92 Å². The minimum Gasteiger partial charge on any atom is -0.481 e. The molecule has 9 heteroatoms. The molecule has 0 aromatic carbocycles. The molecule has 1 aromatic rings. The molecule has 2 fully saturated rings. The molecule has 3 rings (SSSR count). The summed E-state index contributed by atoms with van der Waals surface area (Å²) in [7, 11) is 0. The van der Waals surface area contributed by atoms with Gasteiger partial charge in [0.25, 0.3) is 0 Å². The minimum atomic E-state index is -4.66. The SMILES string of the molecule is C[C@@H]1CCN1c1nc(N2CC[C@H](CC(=O)O)C2)cc(C(F)(F)F)c1C#N. The Morgan fingerprint density at radius 2 is 2.15 bits per heavy atom. The van der Waals surface area contributed by atoms with E-state index in [1.54, 1.807) is 15.9 Å². The van der Waals surface area contributed by atoms with Gasteiger partial charge >= 0.3 is 12.1 Å². The molecule has 0 saturated carbocycles. The average molecular weight is 368 g/mol. The van der Waals surface area contributed by atoms with Crippen LogP contribution in [0.25, 0.3) is 0 Å². The number of alkyl halides is 3. The van der Waals surface area contributed by atoms with Crippen LogP contribution in [0.4, 0.5) is 24.8 Å². The zero-order chi connectivity index (χ0) is 19.1. The van der Waals surface area contributed by atoms with Crippen molar-refractivity contribution in [1.29, 1.82) is 5.26 Å². The highest BCUT2D eigenvalue weighted by molar-refractivity contribution is 5.68. The van der Waals surface area contributed by atoms with Crippen molar-refractivity contribution in [1.82, 2.24) is 4.98 Å². The number of pyridine rings is 1. The summed E-state index contributed by atoms with van der Waals surface area (Å²) < 4.78 is 40.6. The first-order valence-electron chi connectivity index (χ1n) is 8.46. The smallest absolute Gasteiger partial charge is 0.417 e. The van der Waals surface area contributed by atoms with E-state index in [-0.39, 0.29) is 30.0 Å². The number of hydrogen-bond donors (Lipinski definition) is 1. The maximum Gasteiger partial charge on any atom is 0.417 e. The molecule has 2 atom stereocenters. The normalized spacial score (nSPS) is 22.9. The van der Waals surface area contributed by atoms with Crippen LogP contribution in [0.5, 0.6) is 0 Å². The molecule has 1 aromatic heterocycles. The van der Waals surface area contributed by atoms with Crippen LogP contribution in [0, 0.1) is 17.2 Å². The van der Waals surface area contributed by atoms with Gasteiger partial charge in [0.05, 0.1) is 5.56 Å². The topological polar surface area (TPSA) is 80.5 Å². The third kappa shape index (κ3) is 3.41. The van der Waals surface area contributed by atoms with Crippen molar-refractivity contribution in [3.05, 3.63) is 17.2 Å². The molecule has 2 aliphatic rings. The van der Waals surface area contributed by atoms with Crippen LogP contribution in [-0.4, -0.2) is 41.7 Å². The van der Waals surface area contributed by atoms with Crippen LogP contribution >= 0.6 is 0 Å². The predicted molar refractivity (Wildman–Crippen MR) is 88.0 cm³/mol. The van der Waals surface area contributed by atoms with Gasteiger partial charge < -0.3 is 14.9 Å². The number of carboxylic acid groups (broad SMARTS) is 1. The van der Waals surface area contributed by atoms with Crippen LogP contribution in [0.15, 0.2) is 6.07 Å². The van der Waals surface area contributed by atoms with Crippen LogP contribution in [0.1, 0.15) is 37.3 Å². The fourth-order valence-corrected chi connectivity index (χ4v) is 3.51. The molecular weight excluding hydrogens is 349 g/mol. The standard InChI is InChI=1S/C17H19F3N4O2/c1-10-2-5-24(10)16-12(8-21)13(17(18,19)20)7-14(22-16)23-4-3-11(9-23)6-15(25)26/h7,10-11H,2-6,9H2,1H3,(H,25,26)/t10-,11-/m1/s1. The van der Waals surface area contributed by atoms with E-state index in [9.17, 15) is 23.2 Å². The highest BCUT2D eigenvalue weighted by atomic mass is 19.4. The number of carboxylic acids is 1. The molecule has 0 aliphatic carbocycles. The fraction of sp³-hybridized carbons (Fsp3) is 0.588. The first kappa shape index (κ1) is 18.3. The van der Waals surface area contributed by atoms with Crippen LogP contribution < -0.4 is 9.80 Å². The second-order valence-electron chi connectivity index (χ2n) is 6.87. The molecule has 0 spiro atoms. The Morgan fingerprint density at radius 3 is 2.65 bits per heavy atom. The lowest BCUT2D eigenvalue weighted by Crippen LogP contribution is -2.47. The number of nitriles is 1. The zero-order valence-electron chi connectivity index (χ0n) is 14.3. The fourth-order valence-electron chi connectivity index (χ4n) is 3.51. The van der Waals surface area contributed by atoms with Crippen LogP contribution in [0.2, 0.25) is 0 Å². The van der Waals surface area contributed by atoms with E-state index < -0.39 is 23.3 Å². The quantitative estimate of drug-likeness (QED) is 0.880. The van der Waals surface area contributed by atoms with Crippen LogP contribution in [0.3, 0.4) is 0 Å². The van der Waals surface area contributed by atoms with E-state index in [2.05, 4.69) is 4.98 Å². The zero-order valence-corrected chi connectivity index (χ0v) is 14.3. The highest BCUT2D eigenvalue weighted by Gasteiger charge is 2.39. The summed E-state index contributed by atoms with van der Waals surface area (Å²) in [5.74, 6) is -0.822. The molecule has 2 aliphatic heterocycles. The molecule has 0 amide bonds. The Balaban J connectivity index is 2.00. The number of anilines is 2. The molecule has 6 nitrogen and oxygen atoms in total. The minimum absolute atomic E-state index is 0.0189. The van der Waals surface area contributed by atoms with Crippen molar-refractivity contribution in [2.45, 2.75) is 38.4 Å². The van der Waals surface area contributed by atoms with Gasteiger partial charge in [-0.3, -0.25) is 4.79 Å². The molecule has 2 saturated heterocycles. The van der Waals surface area contributed by atoms with Gasteiger partial charge in [-0.2, -0.15) is 18.4 Å². The molecule has 26 heavy (non-hydrogen) atoms. The lowest BCUT2D eigenvalue weighted by atomic mass is 10.0. The van der Waals surface area contributed by atoms with Crippen molar-refractivity contribution in [3.63, 3.8) is 0 Å². The van der Waals surface area contributed by atoms with Gasteiger partial charge in [0.1, 0.15) is 23.3 Å². The Kier molecular flexibility index (Phi) is 4.69. The number of hydrogen-bond acceptors (Lipinski definition) is 5. The maximum absolute atomic E-state index is 13.5. The largest absolute Gasteiger partial charge is 0.481 e.